The summed E-state index contributed by atoms with van der Waals surface area (Å²) < 4.78 is 23.4. The van der Waals surface area contributed by atoms with Gasteiger partial charge in [0.15, 0.2) is 0 Å². The Morgan fingerprint density at radius 2 is 2.10 bits per heavy atom. The number of carbonyl (C=O) groups excluding carboxylic acids is 1. The Kier molecular flexibility index (Phi) is 7.47. The smallest absolute Gasteiger partial charge is 0.305 e. The average Bonchev–Trinajstić information content (AvgIpc) is 2.44. The van der Waals surface area contributed by atoms with E-state index in [2.05, 4.69) is 5.32 Å². The minimum atomic E-state index is -0.294. The Bertz CT molecular complexity index is 424. The van der Waals surface area contributed by atoms with Crippen LogP contribution in [0, 0.1) is 5.82 Å². The number of ether oxygens (including phenoxy) is 2. The molecule has 0 spiro atoms. The normalized spacial score (nSPS) is 10.2. The van der Waals surface area contributed by atoms with Gasteiger partial charge < -0.3 is 14.8 Å². The van der Waals surface area contributed by atoms with Gasteiger partial charge in [0.05, 0.1) is 19.4 Å². The minimum absolute atomic E-state index is 0.153. The summed E-state index contributed by atoms with van der Waals surface area (Å²) in [6.07, 6.45) is 3.01. The van der Waals surface area contributed by atoms with Gasteiger partial charge in [-0.15, -0.1) is 0 Å². The van der Waals surface area contributed by atoms with Crippen molar-refractivity contribution in [3.8, 4) is 5.75 Å². The molecule has 0 saturated carbocycles. The van der Waals surface area contributed by atoms with Gasteiger partial charge in [0.1, 0.15) is 11.6 Å². The first-order chi connectivity index (χ1) is 9.67. The van der Waals surface area contributed by atoms with Gasteiger partial charge in [-0.1, -0.05) is 6.42 Å². The van der Waals surface area contributed by atoms with Crippen LogP contribution in [0.1, 0.15) is 32.6 Å². The Labute approximate surface area is 119 Å². The highest BCUT2D eigenvalue weighted by Gasteiger charge is 2.04. The maximum absolute atomic E-state index is 13.5. The molecule has 0 aliphatic rings. The molecule has 112 valence electrons. The molecule has 20 heavy (non-hydrogen) atoms. The molecule has 1 rings (SSSR count). The van der Waals surface area contributed by atoms with E-state index in [9.17, 15) is 9.18 Å². The van der Waals surface area contributed by atoms with Crippen LogP contribution in [-0.2, 0) is 9.53 Å². The van der Waals surface area contributed by atoms with E-state index in [1.54, 1.807) is 26.2 Å². The number of hydrogen-bond donors (Lipinski definition) is 1. The summed E-state index contributed by atoms with van der Waals surface area (Å²) >= 11 is 0. The molecule has 0 aliphatic carbocycles. The lowest BCUT2D eigenvalue weighted by atomic mass is 10.2. The van der Waals surface area contributed by atoms with E-state index >= 15 is 0 Å². The molecule has 0 amide bonds. The molecule has 0 aromatic heterocycles. The molecule has 4 nitrogen and oxygen atoms in total. The van der Waals surface area contributed by atoms with Crippen molar-refractivity contribution >= 4 is 11.7 Å². The van der Waals surface area contributed by atoms with Crippen LogP contribution in [0.5, 0.6) is 5.75 Å². The third-order valence-electron chi connectivity index (χ3n) is 2.85. The van der Waals surface area contributed by atoms with Crippen molar-refractivity contribution in [3.05, 3.63) is 24.0 Å². The fourth-order valence-electron chi connectivity index (χ4n) is 1.79. The van der Waals surface area contributed by atoms with E-state index in [1.807, 2.05) is 0 Å². The van der Waals surface area contributed by atoms with Crippen LogP contribution >= 0.6 is 0 Å². The van der Waals surface area contributed by atoms with Crippen LogP contribution in [0.25, 0.3) is 0 Å². The topological polar surface area (TPSA) is 47.6 Å². The third-order valence-corrected chi connectivity index (χ3v) is 2.85. The molecule has 0 radical (unpaired) electrons. The highest BCUT2D eigenvalue weighted by Crippen LogP contribution is 2.21. The Morgan fingerprint density at radius 1 is 1.30 bits per heavy atom. The zero-order chi connectivity index (χ0) is 14.8. The number of anilines is 1. The van der Waals surface area contributed by atoms with Crippen LogP contribution in [0.2, 0.25) is 0 Å². The van der Waals surface area contributed by atoms with Crippen molar-refractivity contribution < 1.29 is 18.7 Å². The SMILES string of the molecule is CCOC(=O)CCCCCNc1cc(OC)ccc1F. The van der Waals surface area contributed by atoms with E-state index in [-0.39, 0.29) is 11.8 Å². The lowest BCUT2D eigenvalue weighted by Crippen LogP contribution is -2.05. The van der Waals surface area contributed by atoms with Crippen LogP contribution < -0.4 is 10.1 Å². The Morgan fingerprint density at radius 3 is 2.80 bits per heavy atom. The van der Waals surface area contributed by atoms with Crippen molar-refractivity contribution in [1.29, 1.82) is 0 Å². The van der Waals surface area contributed by atoms with Gasteiger partial charge in [0.2, 0.25) is 0 Å². The average molecular weight is 283 g/mol. The highest BCUT2D eigenvalue weighted by molar-refractivity contribution is 5.69. The second-order valence-electron chi connectivity index (χ2n) is 4.39. The summed E-state index contributed by atoms with van der Waals surface area (Å²) in [5.41, 5.74) is 0.440. The maximum Gasteiger partial charge on any atom is 0.305 e. The molecule has 0 unspecified atom stereocenters. The zero-order valence-electron chi connectivity index (χ0n) is 12.1. The van der Waals surface area contributed by atoms with Crippen molar-refractivity contribution in [2.24, 2.45) is 0 Å². The van der Waals surface area contributed by atoms with Crippen LogP contribution in [0.4, 0.5) is 10.1 Å². The largest absolute Gasteiger partial charge is 0.497 e. The van der Waals surface area contributed by atoms with E-state index in [1.165, 1.54) is 6.07 Å². The second-order valence-corrected chi connectivity index (χ2v) is 4.39. The maximum atomic E-state index is 13.5. The first-order valence-electron chi connectivity index (χ1n) is 6.90. The molecule has 1 N–H and O–H groups in total. The molecule has 0 saturated heterocycles. The monoisotopic (exact) mass is 283 g/mol. The van der Waals surface area contributed by atoms with Gasteiger partial charge in [0, 0.05) is 19.0 Å². The fourth-order valence-corrected chi connectivity index (χ4v) is 1.79. The first kappa shape index (κ1) is 16.3. The van der Waals surface area contributed by atoms with Crippen molar-refractivity contribution in [2.75, 3.05) is 25.6 Å². The molecule has 0 atom stereocenters. The molecule has 0 bridgehead atoms. The van der Waals surface area contributed by atoms with Gasteiger partial charge >= 0.3 is 5.97 Å². The summed E-state index contributed by atoms with van der Waals surface area (Å²) in [4.78, 5) is 11.1. The van der Waals surface area contributed by atoms with Crippen LogP contribution in [0.15, 0.2) is 18.2 Å². The van der Waals surface area contributed by atoms with Crippen molar-refractivity contribution in [1.82, 2.24) is 0 Å². The second kappa shape index (κ2) is 9.18. The van der Waals surface area contributed by atoms with Crippen molar-refractivity contribution in [2.45, 2.75) is 32.6 Å². The van der Waals surface area contributed by atoms with Gasteiger partial charge in [-0.25, -0.2) is 4.39 Å². The van der Waals surface area contributed by atoms with Crippen molar-refractivity contribution in [3.63, 3.8) is 0 Å². The third kappa shape index (κ3) is 5.91. The summed E-state index contributed by atoms with van der Waals surface area (Å²) in [6.45, 7) is 2.88. The lowest BCUT2D eigenvalue weighted by molar-refractivity contribution is -0.143. The summed E-state index contributed by atoms with van der Waals surface area (Å²) in [7, 11) is 1.55. The number of methoxy groups -OCH3 is 1. The lowest BCUT2D eigenvalue weighted by Gasteiger charge is -2.09. The van der Waals surface area contributed by atoms with E-state index < -0.39 is 0 Å². The molecule has 0 heterocycles. The number of halogens is 1. The van der Waals surface area contributed by atoms with Gasteiger partial charge in [0.25, 0.3) is 0 Å². The number of rotatable bonds is 9. The molecule has 0 aliphatic heterocycles. The molecule has 0 fully saturated rings. The van der Waals surface area contributed by atoms with Crippen LogP contribution in [-0.4, -0.2) is 26.2 Å². The van der Waals surface area contributed by atoms with E-state index in [4.69, 9.17) is 9.47 Å². The number of carbonyl (C=O) groups is 1. The van der Waals surface area contributed by atoms with E-state index in [0.29, 0.717) is 31.0 Å². The first-order valence-corrected chi connectivity index (χ1v) is 6.90. The number of nitrogens with one attached hydrogen (secondary N) is 1. The fraction of sp³-hybridized carbons (Fsp3) is 0.533. The molecular weight excluding hydrogens is 261 g/mol. The Balaban J connectivity index is 2.19. The summed E-state index contributed by atoms with van der Waals surface area (Å²) in [5, 5.41) is 3.03. The zero-order valence-corrected chi connectivity index (χ0v) is 12.1. The molecule has 1 aromatic rings. The van der Waals surface area contributed by atoms with Gasteiger partial charge in [-0.2, -0.15) is 0 Å². The predicted molar refractivity (Wildman–Crippen MR) is 76.5 cm³/mol. The Hall–Kier alpha value is -1.78. The summed E-state index contributed by atoms with van der Waals surface area (Å²) in [5.74, 6) is 0.174. The quantitative estimate of drug-likeness (QED) is 0.557. The van der Waals surface area contributed by atoms with E-state index in [0.717, 1.165) is 19.3 Å². The molecule has 5 heteroatoms. The molecule has 1 aromatic carbocycles. The van der Waals surface area contributed by atoms with Crippen LogP contribution in [0.3, 0.4) is 0 Å². The standard InChI is InChI=1S/C15H22FNO3/c1-3-20-15(18)7-5-4-6-10-17-14-11-12(19-2)8-9-13(14)16/h8-9,11,17H,3-7,10H2,1-2H3. The number of esters is 1. The van der Waals surface area contributed by atoms with Gasteiger partial charge in [-0.3, -0.25) is 4.79 Å². The number of hydrogen-bond acceptors (Lipinski definition) is 4. The number of unbranched alkanes of at least 4 members (excludes halogenated alkanes) is 2. The highest BCUT2D eigenvalue weighted by atomic mass is 19.1. The predicted octanol–water partition coefficient (Wildman–Crippen LogP) is 3.37. The summed E-state index contributed by atoms with van der Waals surface area (Å²) in [6, 6.07) is 4.59. The molecular formula is C15H22FNO3. The minimum Gasteiger partial charge on any atom is -0.497 e. The van der Waals surface area contributed by atoms with Gasteiger partial charge in [-0.05, 0) is 31.9 Å². The number of benzene rings is 1.